The zero-order valence-corrected chi connectivity index (χ0v) is 15.9. The first-order valence-corrected chi connectivity index (χ1v) is 8.96. The summed E-state index contributed by atoms with van der Waals surface area (Å²) in [5, 5.41) is 49.2. The lowest BCUT2D eigenvalue weighted by molar-refractivity contribution is -0.277. The smallest absolute Gasteiger partial charge is 0.229 e. The molecule has 0 bridgehead atoms. The molecule has 1 saturated heterocycles. The zero-order valence-electron chi connectivity index (χ0n) is 15.9. The summed E-state index contributed by atoms with van der Waals surface area (Å²) in [7, 11) is 1.46. The average Bonchev–Trinajstić information content (AvgIpc) is 2.68. The predicted octanol–water partition coefficient (Wildman–Crippen LogP) is 0.680. The van der Waals surface area contributed by atoms with Crippen LogP contribution in [0.2, 0.25) is 0 Å². The van der Waals surface area contributed by atoms with Gasteiger partial charge in [0.25, 0.3) is 0 Å². The van der Waals surface area contributed by atoms with Crippen molar-refractivity contribution in [2.24, 2.45) is 0 Å². The van der Waals surface area contributed by atoms with Crippen LogP contribution in [-0.4, -0.2) is 70.0 Å². The molecule has 0 aromatic heterocycles. The van der Waals surface area contributed by atoms with E-state index in [1.165, 1.54) is 19.2 Å². The van der Waals surface area contributed by atoms with Gasteiger partial charge in [-0.3, -0.25) is 0 Å². The van der Waals surface area contributed by atoms with Crippen LogP contribution >= 0.6 is 0 Å². The molecule has 1 aliphatic rings. The largest absolute Gasteiger partial charge is 0.508 e. The highest BCUT2D eigenvalue weighted by Gasteiger charge is 2.45. The SMILES string of the molecule is COc1ccc(Oc2cc(C)cc(O)c2)c(O[C@@H]2O[C@H](CO)[C@H](O)[C@H](O)[C@H]2O)c1. The van der Waals surface area contributed by atoms with Gasteiger partial charge in [-0.05, 0) is 36.8 Å². The Morgan fingerprint density at radius 1 is 0.931 bits per heavy atom. The van der Waals surface area contributed by atoms with E-state index in [1.807, 2.05) is 0 Å². The van der Waals surface area contributed by atoms with Gasteiger partial charge in [0.05, 0.1) is 13.7 Å². The molecule has 0 saturated carbocycles. The monoisotopic (exact) mass is 408 g/mol. The van der Waals surface area contributed by atoms with Crippen molar-refractivity contribution in [2.75, 3.05) is 13.7 Å². The van der Waals surface area contributed by atoms with Gasteiger partial charge in [0, 0.05) is 12.1 Å². The highest BCUT2D eigenvalue weighted by Crippen LogP contribution is 2.38. The summed E-state index contributed by atoms with van der Waals surface area (Å²) in [5.41, 5.74) is 0.782. The van der Waals surface area contributed by atoms with E-state index in [-0.39, 0.29) is 17.2 Å². The third-order valence-electron chi connectivity index (χ3n) is 4.51. The van der Waals surface area contributed by atoms with Crippen molar-refractivity contribution < 1.29 is 44.5 Å². The fourth-order valence-electron chi connectivity index (χ4n) is 3.00. The Bertz CT molecular complexity index is 818. The maximum absolute atomic E-state index is 10.2. The molecule has 3 rings (SSSR count). The minimum absolute atomic E-state index is 0.0323. The van der Waals surface area contributed by atoms with E-state index in [0.717, 1.165) is 5.56 Å². The van der Waals surface area contributed by atoms with Crippen molar-refractivity contribution in [1.82, 2.24) is 0 Å². The topological polar surface area (TPSA) is 138 Å². The first-order valence-electron chi connectivity index (χ1n) is 8.96. The number of methoxy groups -OCH3 is 1. The Kier molecular flexibility index (Phi) is 6.46. The fourth-order valence-corrected chi connectivity index (χ4v) is 3.00. The molecule has 158 valence electrons. The van der Waals surface area contributed by atoms with Crippen LogP contribution in [0.1, 0.15) is 5.56 Å². The maximum Gasteiger partial charge on any atom is 0.229 e. The molecule has 2 aromatic rings. The molecule has 9 nitrogen and oxygen atoms in total. The molecular weight excluding hydrogens is 384 g/mol. The number of hydrogen-bond donors (Lipinski definition) is 5. The molecular formula is C20H24O9. The maximum atomic E-state index is 10.2. The van der Waals surface area contributed by atoms with Gasteiger partial charge >= 0.3 is 0 Å². The summed E-state index contributed by atoms with van der Waals surface area (Å²) in [4.78, 5) is 0. The molecule has 2 aromatic carbocycles. The highest BCUT2D eigenvalue weighted by atomic mass is 16.7. The number of aliphatic hydroxyl groups excluding tert-OH is 4. The summed E-state index contributed by atoms with van der Waals surface area (Å²) in [6.07, 6.45) is -7.14. The summed E-state index contributed by atoms with van der Waals surface area (Å²) < 4.78 is 22.1. The Balaban J connectivity index is 1.89. The molecule has 0 radical (unpaired) electrons. The lowest BCUT2D eigenvalue weighted by Crippen LogP contribution is -2.60. The van der Waals surface area contributed by atoms with Crippen LogP contribution in [-0.2, 0) is 4.74 Å². The molecule has 1 aliphatic heterocycles. The third-order valence-corrected chi connectivity index (χ3v) is 4.51. The molecule has 9 heteroatoms. The number of hydrogen-bond acceptors (Lipinski definition) is 9. The number of ether oxygens (including phenoxy) is 4. The quantitative estimate of drug-likeness (QED) is 0.467. The molecule has 0 aliphatic carbocycles. The number of aromatic hydroxyl groups is 1. The van der Waals surface area contributed by atoms with Crippen LogP contribution in [0.15, 0.2) is 36.4 Å². The fraction of sp³-hybridized carbons (Fsp3) is 0.400. The van der Waals surface area contributed by atoms with Crippen molar-refractivity contribution in [3.05, 3.63) is 42.0 Å². The van der Waals surface area contributed by atoms with Crippen molar-refractivity contribution in [1.29, 1.82) is 0 Å². The van der Waals surface area contributed by atoms with Crippen LogP contribution < -0.4 is 14.2 Å². The van der Waals surface area contributed by atoms with Gasteiger partial charge in [-0.2, -0.15) is 0 Å². The number of aliphatic hydroxyl groups is 4. The van der Waals surface area contributed by atoms with E-state index >= 15 is 0 Å². The van der Waals surface area contributed by atoms with Crippen molar-refractivity contribution in [3.63, 3.8) is 0 Å². The number of rotatable bonds is 6. The first kappa shape index (κ1) is 21.2. The number of benzene rings is 2. The van der Waals surface area contributed by atoms with Crippen LogP contribution in [0.25, 0.3) is 0 Å². The Hall–Kier alpha value is -2.56. The average molecular weight is 408 g/mol. The lowest BCUT2D eigenvalue weighted by Gasteiger charge is -2.39. The van der Waals surface area contributed by atoms with Crippen molar-refractivity contribution in [2.45, 2.75) is 37.6 Å². The second kappa shape index (κ2) is 8.85. The summed E-state index contributed by atoms with van der Waals surface area (Å²) in [5.74, 6) is 1.17. The van der Waals surface area contributed by atoms with Gasteiger partial charge < -0.3 is 44.5 Å². The predicted molar refractivity (Wildman–Crippen MR) is 100 cm³/mol. The third kappa shape index (κ3) is 4.72. The van der Waals surface area contributed by atoms with E-state index in [9.17, 15) is 25.5 Å². The number of phenolic OH excluding ortho intramolecular Hbond substituents is 1. The highest BCUT2D eigenvalue weighted by molar-refractivity contribution is 5.49. The van der Waals surface area contributed by atoms with Gasteiger partial charge in [0.1, 0.15) is 41.7 Å². The van der Waals surface area contributed by atoms with Crippen molar-refractivity contribution in [3.8, 4) is 28.7 Å². The molecule has 1 fully saturated rings. The minimum atomic E-state index is -1.57. The van der Waals surface area contributed by atoms with Crippen molar-refractivity contribution >= 4 is 0 Å². The van der Waals surface area contributed by atoms with Crippen LogP contribution in [0, 0.1) is 6.92 Å². The van der Waals surface area contributed by atoms with Gasteiger partial charge in [-0.25, -0.2) is 0 Å². The van der Waals surface area contributed by atoms with E-state index < -0.39 is 37.3 Å². The van der Waals surface area contributed by atoms with E-state index in [1.54, 1.807) is 31.2 Å². The summed E-state index contributed by atoms with van der Waals surface area (Å²) in [6.45, 7) is 1.22. The number of aryl methyl sites for hydroxylation is 1. The zero-order chi connectivity index (χ0) is 21.1. The Labute approximate surface area is 167 Å². The van der Waals surface area contributed by atoms with E-state index in [2.05, 4.69) is 0 Å². The molecule has 5 N–H and O–H groups in total. The minimum Gasteiger partial charge on any atom is -0.508 e. The van der Waals surface area contributed by atoms with Crippen LogP contribution in [0.3, 0.4) is 0 Å². The lowest BCUT2D eigenvalue weighted by atomic mass is 9.99. The Morgan fingerprint density at radius 2 is 1.69 bits per heavy atom. The second-order valence-corrected chi connectivity index (χ2v) is 6.73. The number of phenols is 1. The molecule has 0 unspecified atom stereocenters. The van der Waals surface area contributed by atoms with Gasteiger partial charge in [0.15, 0.2) is 11.5 Å². The molecule has 0 spiro atoms. The van der Waals surface area contributed by atoms with Gasteiger partial charge in [-0.15, -0.1) is 0 Å². The molecule has 1 heterocycles. The molecule has 0 amide bonds. The van der Waals surface area contributed by atoms with Gasteiger partial charge in [-0.1, -0.05) is 0 Å². The Morgan fingerprint density at radius 3 is 2.34 bits per heavy atom. The summed E-state index contributed by atoms with van der Waals surface area (Å²) >= 11 is 0. The van der Waals surface area contributed by atoms with Crippen LogP contribution in [0.5, 0.6) is 28.7 Å². The van der Waals surface area contributed by atoms with Crippen LogP contribution in [0.4, 0.5) is 0 Å². The summed E-state index contributed by atoms with van der Waals surface area (Å²) in [6, 6.07) is 9.40. The molecule has 5 atom stereocenters. The second-order valence-electron chi connectivity index (χ2n) is 6.73. The first-order chi connectivity index (χ1) is 13.8. The standard InChI is InChI=1S/C20H24O9/c1-10-5-11(22)7-13(6-10)27-14-4-3-12(26-2)8-15(14)28-20-19(25)18(24)17(23)16(9-21)29-20/h3-8,16-25H,9H2,1-2H3/t16-,17+,18+,19-,20-/m1/s1. The van der Waals surface area contributed by atoms with E-state index in [0.29, 0.717) is 11.5 Å². The van der Waals surface area contributed by atoms with E-state index in [4.69, 9.17) is 18.9 Å². The normalized spacial score (nSPS) is 26.8. The van der Waals surface area contributed by atoms with Gasteiger partial charge in [0.2, 0.25) is 6.29 Å². The molecule has 29 heavy (non-hydrogen) atoms.